The van der Waals surface area contributed by atoms with Gasteiger partial charge in [-0.15, -0.1) is 5.10 Å². The second-order valence-corrected chi connectivity index (χ2v) is 8.68. The number of carbonyl (C=O) groups is 1. The summed E-state index contributed by atoms with van der Waals surface area (Å²) in [7, 11) is 1.61. The van der Waals surface area contributed by atoms with Crippen molar-refractivity contribution < 1.29 is 13.9 Å². The lowest BCUT2D eigenvalue weighted by Gasteiger charge is -2.28. The van der Waals surface area contributed by atoms with Crippen LogP contribution in [-0.4, -0.2) is 51.0 Å². The first-order valence-corrected chi connectivity index (χ1v) is 12.1. The SMILES string of the molecule is COc1ccccc1-c1cc(Nc2ccccn2)c(F)c(C2=CCCN(C(=O)CCn3ccnn3)C2)c1. The van der Waals surface area contributed by atoms with Crippen molar-refractivity contribution in [2.24, 2.45) is 0 Å². The van der Waals surface area contributed by atoms with Crippen molar-refractivity contribution in [3.05, 3.63) is 90.6 Å². The molecule has 0 atom stereocenters. The van der Waals surface area contributed by atoms with E-state index in [1.807, 2.05) is 42.5 Å². The maximum Gasteiger partial charge on any atom is 0.224 e. The van der Waals surface area contributed by atoms with Gasteiger partial charge in [-0.1, -0.05) is 35.6 Å². The number of carbonyl (C=O) groups excluding carboxylic acids is 1. The van der Waals surface area contributed by atoms with E-state index in [2.05, 4.69) is 20.6 Å². The number of para-hydroxylation sites is 1. The van der Waals surface area contributed by atoms with E-state index in [-0.39, 0.29) is 5.91 Å². The van der Waals surface area contributed by atoms with Crippen LogP contribution in [0.5, 0.6) is 5.75 Å². The Bertz CT molecular complexity index is 1410. The number of nitrogens with one attached hydrogen (secondary N) is 1. The molecule has 1 N–H and O–H groups in total. The number of aryl methyl sites for hydroxylation is 1. The fourth-order valence-corrected chi connectivity index (χ4v) is 4.43. The van der Waals surface area contributed by atoms with Gasteiger partial charge in [0.2, 0.25) is 5.91 Å². The summed E-state index contributed by atoms with van der Waals surface area (Å²) in [6.45, 7) is 1.36. The fourth-order valence-electron chi connectivity index (χ4n) is 4.43. The minimum atomic E-state index is -0.396. The van der Waals surface area contributed by atoms with E-state index in [0.717, 1.165) is 16.7 Å². The third kappa shape index (κ3) is 5.50. The van der Waals surface area contributed by atoms with E-state index in [9.17, 15) is 4.79 Å². The summed E-state index contributed by atoms with van der Waals surface area (Å²) >= 11 is 0. The number of nitrogens with zero attached hydrogens (tertiary/aromatic N) is 5. The molecule has 0 radical (unpaired) electrons. The van der Waals surface area contributed by atoms with Crippen molar-refractivity contribution in [3.63, 3.8) is 0 Å². The highest BCUT2D eigenvalue weighted by Gasteiger charge is 2.23. The summed E-state index contributed by atoms with van der Waals surface area (Å²) in [5, 5.41) is 10.8. The molecule has 2 aromatic carbocycles. The molecule has 0 bridgehead atoms. The molecule has 5 rings (SSSR count). The Morgan fingerprint density at radius 1 is 1.11 bits per heavy atom. The third-order valence-corrected chi connectivity index (χ3v) is 6.29. The number of hydrogen-bond acceptors (Lipinski definition) is 6. The Morgan fingerprint density at radius 2 is 1.97 bits per heavy atom. The van der Waals surface area contributed by atoms with Crippen molar-refractivity contribution in [1.29, 1.82) is 0 Å². The number of halogens is 1. The average molecular weight is 499 g/mol. The molecule has 188 valence electrons. The number of ether oxygens (including phenoxy) is 1. The Morgan fingerprint density at radius 3 is 2.76 bits per heavy atom. The van der Waals surface area contributed by atoms with Gasteiger partial charge < -0.3 is 15.0 Å². The van der Waals surface area contributed by atoms with Gasteiger partial charge >= 0.3 is 0 Å². The zero-order valence-electron chi connectivity index (χ0n) is 20.5. The molecule has 1 aliphatic rings. The molecule has 0 unspecified atom stereocenters. The number of benzene rings is 2. The number of anilines is 2. The van der Waals surface area contributed by atoms with Gasteiger partial charge in [0.1, 0.15) is 11.6 Å². The van der Waals surface area contributed by atoms with Crippen LogP contribution in [0, 0.1) is 5.82 Å². The van der Waals surface area contributed by atoms with E-state index < -0.39 is 5.82 Å². The molecule has 4 aromatic rings. The quantitative estimate of drug-likeness (QED) is 0.371. The Labute approximate surface area is 214 Å². The molecule has 0 saturated heterocycles. The minimum absolute atomic E-state index is 0.00535. The van der Waals surface area contributed by atoms with Crippen LogP contribution in [0.15, 0.2) is 79.3 Å². The van der Waals surface area contributed by atoms with Crippen LogP contribution >= 0.6 is 0 Å². The van der Waals surface area contributed by atoms with Crippen molar-refractivity contribution in [3.8, 4) is 16.9 Å². The maximum atomic E-state index is 16.0. The molecular formula is C28H27FN6O2. The molecule has 1 aliphatic heterocycles. The zero-order valence-corrected chi connectivity index (χ0v) is 20.5. The molecule has 8 nitrogen and oxygen atoms in total. The number of hydrogen-bond donors (Lipinski definition) is 1. The van der Waals surface area contributed by atoms with E-state index >= 15 is 4.39 Å². The van der Waals surface area contributed by atoms with E-state index in [0.29, 0.717) is 55.3 Å². The Kier molecular flexibility index (Phi) is 7.21. The van der Waals surface area contributed by atoms with Crippen LogP contribution in [-0.2, 0) is 11.3 Å². The highest BCUT2D eigenvalue weighted by atomic mass is 19.1. The predicted octanol–water partition coefficient (Wildman–Crippen LogP) is 4.94. The number of rotatable bonds is 8. The van der Waals surface area contributed by atoms with Crippen LogP contribution < -0.4 is 10.1 Å². The van der Waals surface area contributed by atoms with Gasteiger partial charge in [-0.3, -0.25) is 9.48 Å². The summed E-state index contributed by atoms with van der Waals surface area (Å²) in [4.78, 5) is 19.0. The average Bonchev–Trinajstić information content (AvgIpc) is 3.47. The topological polar surface area (TPSA) is 85.2 Å². The normalized spacial score (nSPS) is 13.2. The second-order valence-electron chi connectivity index (χ2n) is 8.68. The standard InChI is InChI=1S/C28H27FN6O2/c1-37-25-9-3-2-8-22(25)21-17-23(28(29)24(18-21)32-26-10-4-5-12-30-26)20-7-6-14-34(19-20)27(36)11-15-35-16-13-31-33-35/h2-5,7-10,12-13,16-18H,6,11,14-15,19H2,1H3,(H,30,32). The van der Waals surface area contributed by atoms with Gasteiger partial charge in [0.25, 0.3) is 0 Å². The highest BCUT2D eigenvalue weighted by molar-refractivity contribution is 5.84. The van der Waals surface area contributed by atoms with E-state index in [1.165, 1.54) is 0 Å². The summed E-state index contributed by atoms with van der Waals surface area (Å²) in [6, 6.07) is 16.6. The number of methoxy groups -OCH3 is 1. The lowest BCUT2D eigenvalue weighted by atomic mass is 9.94. The van der Waals surface area contributed by atoms with Gasteiger partial charge in [-0.2, -0.15) is 0 Å². The molecule has 3 heterocycles. The second kappa shape index (κ2) is 11.0. The first-order valence-electron chi connectivity index (χ1n) is 12.1. The number of aromatic nitrogens is 4. The Balaban J connectivity index is 1.48. The van der Waals surface area contributed by atoms with Crippen molar-refractivity contribution in [2.75, 3.05) is 25.5 Å². The molecule has 9 heteroatoms. The highest BCUT2D eigenvalue weighted by Crippen LogP contribution is 2.37. The third-order valence-electron chi connectivity index (χ3n) is 6.29. The van der Waals surface area contributed by atoms with Gasteiger partial charge in [-0.05, 0) is 47.9 Å². The monoisotopic (exact) mass is 498 g/mol. The van der Waals surface area contributed by atoms with Gasteiger partial charge in [0.15, 0.2) is 5.82 Å². The molecule has 0 aliphatic carbocycles. The molecule has 2 aromatic heterocycles. The van der Waals surface area contributed by atoms with Crippen molar-refractivity contribution in [2.45, 2.75) is 19.4 Å². The minimum Gasteiger partial charge on any atom is -0.496 e. The summed E-state index contributed by atoms with van der Waals surface area (Å²) in [5.41, 5.74) is 3.14. The number of pyridine rings is 1. The van der Waals surface area contributed by atoms with Gasteiger partial charge in [-0.25, -0.2) is 9.37 Å². The van der Waals surface area contributed by atoms with Gasteiger partial charge in [0.05, 0.1) is 25.5 Å². The molecule has 0 saturated carbocycles. The van der Waals surface area contributed by atoms with Crippen molar-refractivity contribution in [1.82, 2.24) is 24.9 Å². The molecule has 1 amide bonds. The smallest absolute Gasteiger partial charge is 0.224 e. The number of amides is 1. The van der Waals surface area contributed by atoms with Gasteiger partial charge in [0, 0.05) is 43.0 Å². The molecule has 0 spiro atoms. The lowest BCUT2D eigenvalue weighted by molar-refractivity contribution is -0.131. The molecule has 37 heavy (non-hydrogen) atoms. The molecule has 0 fully saturated rings. The van der Waals surface area contributed by atoms with Crippen LogP contribution in [0.3, 0.4) is 0 Å². The van der Waals surface area contributed by atoms with Crippen LogP contribution in [0.1, 0.15) is 18.4 Å². The molecular weight excluding hydrogens is 471 g/mol. The van der Waals surface area contributed by atoms with Crippen LogP contribution in [0.4, 0.5) is 15.9 Å². The summed E-state index contributed by atoms with van der Waals surface area (Å²) in [6.07, 6.45) is 7.91. The first-order chi connectivity index (χ1) is 18.1. The first kappa shape index (κ1) is 24.2. The van der Waals surface area contributed by atoms with Crippen molar-refractivity contribution >= 4 is 23.0 Å². The summed E-state index contributed by atoms with van der Waals surface area (Å²) in [5.74, 6) is 0.820. The largest absolute Gasteiger partial charge is 0.496 e. The van der Waals surface area contributed by atoms with E-state index in [4.69, 9.17) is 4.74 Å². The Hall–Kier alpha value is -4.53. The van der Waals surface area contributed by atoms with E-state index in [1.54, 1.807) is 53.5 Å². The van der Waals surface area contributed by atoms with Crippen LogP contribution in [0.25, 0.3) is 16.7 Å². The fraction of sp³-hybridized carbons (Fsp3) is 0.214. The lowest BCUT2D eigenvalue weighted by Crippen LogP contribution is -2.36. The summed E-state index contributed by atoms with van der Waals surface area (Å²) < 4.78 is 23.2. The predicted molar refractivity (Wildman–Crippen MR) is 140 cm³/mol. The maximum absolute atomic E-state index is 16.0. The van der Waals surface area contributed by atoms with Crippen LogP contribution in [0.2, 0.25) is 0 Å². The zero-order chi connectivity index (χ0) is 25.6.